The van der Waals surface area contributed by atoms with Gasteiger partial charge in [-0.25, -0.2) is 0 Å². The van der Waals surface area contributed by atoms with Crippen LogP contribution in [0.1, 0.15) is 31.2 Å². The van der Waals surface area contributed by atoms with Gasteiger partial charge in [-0.3, -0.25) is 5.41 Å². The Morgan fingerprint density at radius 3 is 2.82 bits per heavy atom. The monoisotopic (exact) mass is 329 g/mol. The first-order valence-corrected chi connectivity index (χ1v) is 9.12. The highest BCUT2D eigenvalue weighted by atomic mass is 32.2. The van der Waals surface area contributed by atoms with Crippen LogP contribution < -0.4 is 5.32 Å². The average Bonchev–Trinajstić information content (AvgIpc) is 2.90. The molecule has 2 aliphatic heterocycles. The number of nitrogens with zero attached hydrogens (tertiary/aromatic N) is 1. The highest BCUT2D eigenvalue weighted by molar-refractivity contribution is 8.04. The minimum Gasteiger partial charge on any atom is -0.349 e. The third-order valence-electron chi connectivity index (χ3n) is 4.69. The van der Waals surface area contributed by atoms with Crippen molar-refractivity contribution in [2.75, 3.05) is 0 Å². The number of thioether (sulfide) groups is 1. The number of hydrogen-bond acceptors (Lipinski definition) is 3. The molecule has 1 saturated heterocycles. The van der Waals surface area contributed by atoms with Crippen molar-refractivity contribution in [3.05, 3.63) is 46.4 Å². The van der Waals surface area contributed by atoms with Gasteiger partial charge in [-0.15, -0.1) is 11.8 Å². The van der Waals surface area contributed by atoms with Crippen LogP contribution >= 0.6 is 24.0 Å². The third kappa shape index (κ3) is 2.36. The highest BCUT2D eigenvalue weighted by Gasteiger charge is 2.45. The summed E-state index contributed by atoms with van der Waals surface area (Å²) in [6, 6.07) is 10.3. The molecule has 3 aliphatic rings. The van der Waals surface area contributed by atoms with Crippen LogP contribution in [0.2, 0.25) is 0 Å². The highest BCUT2D eigenvalue weighted by Crippen LogP contribution is 2.49. The summed E-state index contributed by atoms with van der Waals surface area (Å²) in [6.45, 7) is 0.683. The van der Waals surface area contributed by atoms with E-state index in [-0.39, 0.29) is 11.3 Å². The molecule has 114 valence electrons. The van der Waals surface area contributed by atoms with E-state index >= 15 is 0 Å². The fourth-order valence-electron chi connectivity index (χ4n) is 3.59. The summed E-state index contributed by atoms with van der Waals surface area (Å²) in [6.07, 6.45) is 4.89. The van der Waals surface area contributed by atoms with Crippen LogP contribution in [0.15, 0.2) is 40.8 Å². The third-order valence-corrected chi connectivity index (χ3v) is 6.42. The summed E-state index contributed by atoms with van der Waals surface area (Å²) >= 11 is 7.44. The Hall–Kier alpha value is -1.33. The fraction of sp³-hybridized carbons (Fsp3) is 0.412. The SMILES string of the molecule is N=C1C2C3=C(CCCC3)SC2NC(=S)N1Cc1ccccc1. The van der Waals surface area contributed by atoms with Gasteiger partial charge in [-0.1, -0.05) is 30.3 Å². The van der Waals surface area contributed by atoms with Gasteiger partial charge < -0.3 is 10.2 Å². The van der Waals surface area contributed by atoms with Crippen molar-refractivity contribution >= 4 is 34.9 Å². The Morgan fingerprint density at radius 2 is 2.00 bits per heavy atom. The first-order valence-electron chi connectivity index (χ1n) is 7.83. The minimum absolute atomic E-state index is 0.204. The van der Waals surface area contributed by atoms with Gasteiger partial charge in [0.2, 0.25) is 0 Å². The maximum Gasteiger partial charge on any atom is 0.175 e. The summed E-state index contributed by atoms with van der Waals surface area (Å²) in [5.41, 5.74) is 2.69. The van der Waals surface area contributed by atoms with E-state index in [1.807, 2.05) is 34.9 Å². The van der Waals surface area contributed by atoms with E-state index in [1.54, 1.807) is 0 Å². The molecule has 22 heavy (non-hydrogen) atoms. The predicted molar refractivity (Wildman–Crippen MR) is 95.8 cm³/mol. The number of nitrogens with one attached hydrogen (secondary N) is 2. The lowest BCUT2D eigenvalue weighted by Crippen LogP contribution is -2.57. The molecule has 1 fully saturated rings. The van der Waals surface area contributed by atoms with E-state index in [2.05, 4.69) is 17.4 Å². The van der Waals surface area contributed by atoms with Gasteiger partial charge in [-0.05, 0) is 53.9 Å². The molecule has 1 aliphatic carbocycles. The van der Waals surface area contributed by atoms with Crippen LogP contribution in [0.3, 0.4) is 0 Å². The molecule has 1 aromatic rings. The second-order valence-corrected chi connectivity index (χ2v) is 7.70. The Balaban J connectivity index is 1.60. The summed E-state index contributed by atoms with van der Waals surface area (Å²) in [7, 11) is 0. The maximum atomic E-state index is 8.73. The molecule has 0 amide bonds. The molecule has 0 saturated carbocycles. The second kappa shape index (κ2) is 5.70. The lowest BCUT2D eigenvalue weighted by atomic mass is 9.87. The zero-order valence-electron chi connectivity index (χ0n) is 12.3. The number of amidine groups is 1. The van der Waals surface area contributed by atoms with Gasteiger partial charge in [0.25, 0.3) is 0 Å². The van der Waals surface area contributed by atoms with E-state index in [1.165, 1.54) is 35.3 Å². The van der Waals surface area contributed by atoms with Gasteiger partial charge in [0, 0.05) is 0 Å². The second-order valence-electron chi connectivity index (χ2n) is 6.08. The number of hydrogen-bond donors (Lipinski definition) is 2. The predicted octanol–water partition coefficient (Wildman–Crippen LogP) is 3.87. The quantitative estimate of drug-likeness (QED) is 0.808. The van der Waals surface area contributed by atoms with E-state index in [0.717, 1.165) is 6.42 Å². The standard InChI is InChI=1S/C17H19N3S2/c18-15-14-12-8-4-5-9-13(12)22-16(14)19-17(21)20(15)10-11-6-2-1-3-7-11/h1-3,6-7,14,16,18H,4-5,8-10H2,(H,19,21). The molecule has 0 spiro atoms. The Bertz CT molecular complexity index is 653. The van der Waals surface area contributed by atoms with Crippen molar-refractivity contribution in [2.45, 2.75) is 37.6 Å². The van der Waals surface area contributed by atoms with Gasteiger partial charge >= 0.3 is 0 Å². The van der Waals surface area contributed by atoms with Crippen LogP contribution in [0.4, 0.5) is 0 Å². The number of allylic oxidation sites excluding steroid dienone is 1. The Labute approximate surface area is 140 Å². The molecule has 3 nitrogen and oxygen atoms in total. The molecule has 2 atom stereocenters. The Morgan fingerprint density at radius 1 is 1.23 bits per heavy atom. The fourth-order valence-corrected chi connectivity index (χ4v) is 5.50. The van der Waals surface area contributed by atoms with Crippen LogP contribution in [-0.4, -0.2) is 21.2 Å². The normalized spacial score (nSPS) is 27.5. The summed E-state index contributed by atoms with van der Waals surface area (Å²) in [5, 5.41) is 13.1. The van der Waals surface area contributed by atoms with Crippen molar-refractivity contribution in [2.24, 2.45) is 5.92 Å². The topological polar surface area (TPSA) is 39.1 Å². The minimum atomic E-state index is 0.204. The van der Waals surface area contributed by atoms with Crippen molar-refractivity contribution in [3.63, 3.8) is 0 Å². The van der Waals surface area contributed by atoms with Gasteiger partial charge in [0.15, 0.2) is 5.11 Å². The lowest BCUT2D eigenvalue weighted by molar-refractivity contribution is 0.478. The van der Waals surface area contributed by atoms with E-state index in [0.29, 0.717) is 17.5 Å². The zero-order chi connectivity index (χ0) is 15.1. The van der Waals surface area contributed by atoms with Crippen molar-refractivity contribution in [1.29, 1.82) is 5.41 Å². The average molecular weight is 329 g/mol. The van der Waals surface area contributed by atoms with Crippen molar-refractivity contribution in [3.8, 4) is 0 Å². The smallest absolute Gasteiger partial charge is 0.175 e. The maximum absolute atomic E-state index is 8.73. The first kappa shape index (κ1) is 14.3. The molecular weight excluding hydrogens is 310 g/mol. The lowest BCUT2D eigenvalue weighted by Gasteiger charge is -2.39. The van der Waals surface area contributed by atoms with Crippen LogP contribution in [-0.2, 0) is 6.54 Å². The molecule has 5 heteroatoms. The zero-order valence-corrected chi connectivity index (χ0v) is 14.0. The number of thiocarbonyl (C=S) groups is 1. The van der Waals surface area contributed by atoms with Crippen LogP contribution in [0.25, 0.3) is 0 Å². The first-order chi connectivity index (χ1) is 10.7. The largest absolute Gasteiger partial charge is 0.349 e. The van der Waals surface area contributed by atoms with Crippen LogP contribution in [0, 0.1) is 11.3 Å². The van der Waals surface area contributed by atoms with Gasteiger partial charge in [-0.2, -0.15) is 0 Å². The molecular formula is C17H19N3S2. The number of benzene rings is 1. The summed E-state index contributed by atoms with van der Waals surface area (Å²) in [5.74, 6) is 0.882. The van der Waals surface area contributed by atoms with E-state index in [4.69, 9.17) is 17.6 Å². The molecule has 1 aromatic carbocycles. The molecule has 4 rings (SSSR count). The van der Waals surface area contributed by atoms with Crippen molar-refractivity contribution < 1.29 is 0 Å². The molecule has 2 heterocycles. The molecule has 2 N–H and O–H groups in total. The van der Waals surface area contributed by atoms with Gasteiger partial charge in [0.1, 0.15) is 5.84 Å². The van der Waals surface area contributed by atoms with Gasteiger partial charge in [0.05, 0.1) is 17.8 Å². The molecule has 0 bridgehead atoms. The van der Waals surface area contributed by atoms with Crippen LogP contribution in [0.5, 0.6) is 0 Å². The number of fused-ring (bicyclic) bond motifs is 2. The van der Waals surface area contributed by atoms with Crippen molar-refractivity contribution in [1.82, 2.24) is 10.2 Å². The van der Waals surface area contributed by atoms with E-state index < -0.39 is 0 Å². The molecule has 0 radical (unpaired) electrons. The summed E-state index contributed by atoms with van der Waals surface area (Å²) in [4.78, 5) is 3.49. The summed E-state index contributed by atoms with van der Waals surface area (Å²) < 4.78 is 0. The van der Waals surface area contributed by atoms with E-state index in [9.17, 15) is 0 Å². The number of rotatable bonds is 2. The molecule has 2 unspecified atom stereocenters. The molecule has 0 aromatic heterocycles. The Kier molecular flexibility index (Phi) is 3.70.